The second-order valence-electron chi connectivity index (χ2n) is 7.84. The highest BCUT2D eigenvalue weighted by molar-refractivity contribution is 5.85. The SMILES string of the molecule is CC1CCN(CCn2cnc3ccc(-c4ccc(N)c(N)c4)cc3c2=O)CC1. The summed E-state index contributed by atoms with van der Waals surface area (Å²) in [4.78, 5) is 19.9. The van der Waals surface area contributed by atoms with Crippen molar-refractivity contribution in [3.05, 3.63) is 53.1 Å². The van der Waals surface area contributed by atoms with Crippen LogP contribution in [0.1, 0.15) is 19.8 Å². The first-order valence-electron chi connectivity index (χ1n) is 9.88. The molecule has 146 valence electrons. The van der Waals surface area contributed by atoms with Gasteiger partial charge in [-0.15, -0.1) is 0 Å². The summed E-state index contributed by atoms with van der Waals surface area (Å²) in [6.45, 7) is 6.07. The number of benzene rings is 2. The molecular formula is C22H27N5O. The van der Waals surface area contributed by atoms with Crippen LogP contribution in [0.15, 0.2) is 47.5 Å². The number of nitrogens with zero attached hydrogens (tertiary/aromatic N) is 3. The van der Waals surface area contributed by atoms with Gasteiger partial charge in [0, 0.05) is 13.1 Å². The lowest BCUT2D eigenvalue weighted by atomic mass is 9.99. The van der Waals surface area contributed by atoms with Crippen LogP contribution in [0.4, 0.5) is 11.4 Å². The van der Waals surface area contributed by atoms with Crippen LogP contribution in [0.3, 0.4) is 0 Å². The Kier molecular flexibility index (Phi) is 5.05. The number of nitrogen functional groups attached to an aromatic ring is 2. The lowest BCUT2D eigenvalue weighted by Crippen LogP contribution is -2.36. The second kappa shape index (κ2) is 7.64. The van der Waals surface area contributed by atoms with Crippen LogP contribution in [-0.2, 0) is 6.54 Å². The fourth-order valence-electron chi connectivity index (χ4n) is 3.79. The molecule has 0 aliphatic carbocycles. The van der Waals surface area contributed by atoms with Crippen LogP contribution >= 0.6 is 0 Å². The molecule has 1 fully saturated rings. The Morgan fingerprint density at radius 2 is 1.71 bits per heavy atom. The van der Waals surface area contributed by atoms with Crippen LogP contribution in [0.25, 0.3) is 22.0 Å². The van der Waals surface area contributed by atoms with Gasteiger partial charge >= 0.3 is 0 Å². The number of hydrogen-bond donors (Lipinski definition) is 2. The van der Waals surface area contributed by atoms with Gasteiger partial charge in [-0.25, -0.2) is 4.98 Å². The number of likely N-dealkylation sites (tertiary alicyclic amines) is 1. The highest BCUT2D eigenvalue weighted by Crippen LogP contribution is 2.26. The lowest BCUT2D eigenvalue weighted by molar-refractivity contribution is 0.186. The minimum Gasteiger partial charge on any atom is -0.397 e. The molecule has 0 bridgehead atoms. The molecular weight excluding hydrogens is 350 g/mol. The molecule has 2 aromatic carbocycles. The summed E-state index contributed by atoms with van der Waals surface area (Å²) in [5.74, 6) is 0.808. The van der Waals surface area contributed by atoms with E-state index in [0.717, 1.165) is 36.7 Å². The first kappa shape index (κ1) is 18.5. The number of fused-ring (bicyclic) bond motifs is 1. The van der Waals surface area contributed by atoms with Gasteiger partial charge in [-0.2, -0.15) is 0 Å². The van der Waals surface area contributed by atoms with Gasteiger partial charge in [0.1, 0.15) is 0 Å². The third-order valence-corrected chi connectivity index (χ3v) is 5.78. The summed E-state index contributed by atoms with van der Waals surface area (Å²) in [6.07, 6.45) is 4.13. The van der Waals surface area contributed by atoms with E-state index in [2.05, 4.69) is 16.8 Å². The highest BCUT2D eigenvalue weighted by atomic mass is 16.1. The van der Waals surface area contributed by atoms with Gasteiger partial charge < -0.3 is 16.4 Å². The van der Waals surface area contributed by atoms with Crippen molar-refractivity contribution < 1.29 is 0 Å². The standard InChI is InChI=1S/C22H27N5O/c1-15-6-8-26(9-7-15)10-11-27-14-25-21-5-3-16(12-18(21)22(27)28)17-2-4-19(23)20(24)13-17/h2-5,12-15H,6-11,23-24H2,1H3. The van der Waals surface area contributed by atoms with E-state index >= 15 is 0 Å². The summed E-state index contributed by atoms with van der Waals surface area (Å²) >= 11 is 0. The van der Waals surface area contributed by atoms with Gasteiger partial charge in [0.2, 0.25) is 0 Å². The van der Waals surface area contributed by atoms with E-state index in [4.69, 9.17) is 11.5 Å². The maximum Gasteiger partial charge on any atom is 0.261 e. The molecule has 1 aliphatic heterocycles. The maximum atomic E-state index is 13.0. The topological polar surface area (TPSA) is 90.2 Å². The summed E-state index contributed by atoms with van der Waals surface area (Å²) in [6, 6.07) is 11.3. The molecule has 0 saturated carbocycles. The molecule has 2 heterocycles. The van der Waals surface area contributed by atoms with E-state index in [1.807, 2.05) is 30.3 Å². The van der Waals surface area contributed by atoms with Crippen molar-refractivity contribution in [2.45, 2.75) is 26.3 Å². The summed E-state index contributed by atoms with van der Waals surface area (Å²) in [5, 5.41) is 0.627. The molecule has 28 heavy (non-hydrogen) atoms. The minimum absolute atomic E-state index is 0.000597. The Bertz CT molecular complexity index is 1050. The molecule has 1 saturated heterocycles. The summed E-state index contributed by atoms with van der Waals surface area (Å²) in [7, 11) is 0. The molecule has 1 aromatic heterocycles. The molecule has 4 rings (SSSR count). The van der Waals surface area contributed by atoms with E-state index in [-0.39, 0.29) is 5.56 Å². The molecule has 6 heteroatoms. The molecule has 3 aromatic rings. The monoisotopic (exact) mass is 377 g/mol. The van der Waals surface area contributed by atoms with Gasteiger partial charge in [0.15, 0.2) is 0 Å². The molecule has 6 nitrogen and oxygen atoms in total. The number of anilines is 2. The predicted molar refractivity (Wildman–Crippen MR) is 115 cm³/mol. The first-order valence-corrected chi connectivity index (χ1v) is 9.88. The number of piperidine rings is 1. The van der Waals surface area contributed by atoms with Crippen molar-refractivity contribution >= 4 is 22.3 Å². The summed E-state index contributed by atoms with van der Waals surface area (Å²) in [5.41, 5.74) is 15.4. The van der Waals surface area contributed by atoms with Crippen molar-refractivity contribution in [2.75, 3.05) is 31.1 Å². The Balaban J connectivity index is 1.60. The molecule has 1 aliphatic rings. The smallest absolute Gasteiger partial charge is 0.261 e. The van der Waals surface area contributed by atoms with Crippen LogP contribution in [0.5, 0.6) is 0 Å². The van der Waals surface area contributed by atoms with Crippen LogP contribution in [0.2, 0.25) is 0 Å². The van der Waals surface area contributed by atoms with Gasteiger partial charge in [-0.1, -0.05) is 19.1 Å². The van der Waals surface area contributed by atoms with Crippen molar-refractivity contribution in [3.8, 4) is 11.1 Å². The molecule has 0 radical (unpaired) electrons. The average molecular weight is 377 g/mol. The van der Waals surface area contributed by atoms with Crippen LogP contribution in [0, 0.1) is 5.92 Å². The Morgan fingerprint density at radius 3 is 2.46 bits per heavy atom. The molecule has 0 amide bonds. The number of hydrogen-bond acceptors (Lipinski definition) is 5. The molecule has 0 atom stereocenters. The molecule has 0 unspecified atom stereocenters. The Labute approximate surface area is 164 Å². The zero-order valence-electron chi connectivity index (χ0n) is 16.3. The highest BCUT2D eigenvalue weighted by Gasteiger charge is 2.15. The lowest BCUT2D eigenvalue weighted by Gasteiger charge is -2.30. The zero-order valence-corrected chi connectivity index (χ0v) is 16.3. The Hall–Kier alpha value is -2.86. The number of rotatable bonds is 4. The normalized spacial score (nSPS) is 15.9. The van der Waals surface area contributed by atoms with E-state index in [0.29, 0.717) is 28.8 Å². The number of aromatic nitrogens is 2. The van der Waals surface area contributed by atoms with Crippen LogP contribution in [-0.4, -0.2) is 34.1 Å². The van der Waals surface area contributed by atoms with Gasteiger partial charge in [0.05, 0.1) is 28.6 Å². The minimum atomic E-state index is 0.000597. The largest absolute Gasteiger partial charge is 0.397 e. The fourth-order valence-corrected chi connectivity index (χ4v) is 3.79. The van der Waals surface area contributed by atoms with E-state index < -0.39 is 0 Å². The predicted octanol–water partition coefficient (Wildman–Crippen LogP) is 2.96. The van der Waals surface area contributed by atoms with Crippen molar-refractivity contribution in [1.29, 1.82) is 0 Å². The van der Waals surface area contributed by atoms with Gasteiger partial charge in [-0.05, 0) is 67.2 Å². The fraction of sp³-hybridized carbons (Fsp3) is 0.364. The van der Waals surface area contributed by atoms with Crippen molar-refractivity contribution in [3.63, 3.8) is 0 Å². The maximum absolute atomic E-state index is 13.0. The Morgan fingerprint density at radius 1 is 1.00 bits per heavy atom. The third kappa shape index (κ3) is 3.73. The van der Waals surface area contributed by atoms with Crippen LogP contribution < -0.4 is 17.0 Å². The summed E-state index contributed by atoms with van der Waals surface area (Å²) < 4.78 is 1.72. The second-order valence-corrected chi connectivity index (χ2v) is 7.84. The van der Waals surface area contributed by atoms with Gasteiger partial charge in [-0.3, -0.25) is 9.36 Å². The van der Waals surface area contributed by atoms with E-state index in [1.165, 1.54) is 12.8 Å². The van der Waals surface area contributed by atoms with E-state index in [1.54, 1.807) is 17.0 Å². The van der Waals surface area contributed by atoms with Gasteiger partial charge in [0.25, 0.3) is 5.56 Å². The van der Waals surface area contributed by atoms with Crippen molar-refractivity contribution in [1.82, 2.24) is 14.5 Å². The quantitative estimate of drug-likeness (QED) is 0.682. The average Bonchev–Trinajstić information content (AvgIpc) is 2.71. The number of nitrogens with two attached hydrogens (primary N) is 2. The third-order valence-electron chi connectivity index (χ3n) is 5.78. The first-order chi connectivity index (χ1) is 13.5. The zero-order chi connectivity index (χ0) is 19.7. The molecule has 4 N–H and O–H groups in total. The van der Waals surface area contributed by atoms with Crippen molar-refractivity contribution in [2.24, 2.45) is 5.92 Å². The molecule has 0 spiro atoms. The van der Waals surface area contributed by atoms with E-state index in [9.17, 15) is 4.79 Å².